The summed E-state index contributed by atoms with van der Waals surface area (Å²) in [5.41, 5.74) is 6.63. The van der Waals surface area contributed by atoms with Crippen LogP contribution in [0.2, 0.25) is 0 Å². The zero-order valence-corrected chi connectivity index (χ0v) is 7.60. The Labute approximate surface area is 82.0 Å². The maximum atomic E-state index is 10.8. The molecule has 1 aromatic rings. The molecule has 0 aromatic heterocycles. The van der Waals surface area contributed by atoms with Gasteiger partial charge in [-0.25, -0.2) is 0 Å². The Morgan fingerprint density at radius 2 is 2.07 bits per heavy atom. The zero-order valence-electron chi connectivity index (χ0n) is 7.60. The first-order valence-corrected chi connectivity index (χ1v) is 4.34. The van der Waals surface area contributed by atoms with Crippen LogP contribution in [0, 0.1) is 0 Å². The van der Waals surface area contributed by atoms with Gasteiger partial charge in [0.2, 0.25) is 0 Å². The van der Waals surface area contributed by atoms with Crippen LogP contribution in [0.15, 0.2) is 42.2 Å². The molecule has 14 heavy (non-hydrogen) atoms. The predicted octanol–water partition coefficient (Wildman–Crippen LogP) is 0.380. The standard InChI is InChI=1S/C10H11N3O/c11-10(14)9-6-13(7-12-9)8-4-2-1-3-5-8/h1-6,12H,7H2,(H2,11,14). The highest BCUT2D eigenvalue weighted by Gasteiger charge is 2.15. The van der Waals surface area contributed by atoms with Crippen molar-refractivity contribution in [1.82, 2.24) is 5.32 Å². The molecule has 0 fully saturated rings. The third-order valence-corrected chi connectivity index (χ3v) is 2.08. The van der Waals surface area contributed by atoms with Gasteiger partial charge in [-0.3, -0.25) is 4.79 Å². The Morgan fingerprint density at radius 1 is 1.36 bits per heavy atom. The molecule has 4 nitrogen and oxygen atoms in total. The van der Waals surface area contributed by atoms with Crippen molar-refractivity contribution in [2.45, 2.75) is 0 Å². The summed E-state index contributed by atoms with van der Waals surface area (Å²) in [5, 5.41) is 2.92. The summed E-state index contributed by atoms with van der Waals surface area (Å²) in [5.74, 6) is -0.427. The molecule has 2 rings (SSSR count). The van der Waals surface area contributed by atoms with E-state index >= 15 is 0 Å². The van der Waals surface area contributed by atoms with Crippen LogP contribution < -0.4 is 16.0 Å². The number of nitrogens with two attached hydrogens (primary N) is 1. The van der Waals surface area contributed by atoms with Crippen molar-refractivity contribution in [2.75, 3.05) is 11.6 Å². The molecule has 0 spiro atoms. The van der Waals surface area contributed by atoms with E-state index in [1.807, 2.05) is 35.2 Å². The van der Waals surface area contributed by atoms with Crippen LogP contribution in [0.5, 0.6) is 0 Å². The van der Waals surface area contributed by atoms with Crippen LogP contribution in [-0.4, -0.2) is 12.6 Å². The van der Waals surface area contributed by atoms with Crippen molar-refractivity contribution in [1.29, 1.82) is 0 Å². The highest BCUT2D eigenvalue weighted by atomic mass is 16.1. The van der Waals surface area contributed by atoms with E-state index in [1.165, 1.54) is 0 Å². The monoisotopic (exact) mass is 189 g/mol. The highest BCUT2D eigenvalue weighted by molar-refractivity contribution is 5.92. The maximum absolute atomic E-state index is 10.8. The van der Waals surface area contributed by atoms with Crippen LogP contribution in [-0.2, 0) is 4.79 Å². The van der Waals surface area contributed by atoms with Crippen molar-refractivity contribution in [2.24, 2.45) is 5.73 Å². The third-order valence-electron chi connectivity index (χ3n) is 2.08. The fourth-order valence-electron chi connectivity index (χ4n) is 1.35. The number of primary amides is 1. The number of nitrogens with one attached hydrogen (secondary N) is 1. The topological polar surface area (TPSA) is 58.4 Å². The number of benzene rings is 1. The molecule has 1 heterocycles. The van der Waals surface area contributed by atoms with E-state index < -0.39 is 5.91 Å². The van der Waals surface area contributed by atoms with Gasteiger partial charge in [-0.1, -0.05) is 18.2 Å². The molecule has 1 aliphatic heterocycles. The van der Waals surface area contributed by atoms with Gasteiger partial charge in [-0.05, 0) is 12.1 Å². The fraction of sp³-hybridized carbons (Fsp3) is 0.100. The van der Waals surface area contributed by atoms with Gasteiger partial charge in [-0.2, -0.15) is 0 Å². The molecule has 72 valence electrons. The van der Waals surface area contributed by atoms with E-state index in [4.69, 9.17) is 5.73 Å². The molecule has 0 aliphatic carbocycles. The lowest BCUT2D eigenvalue weighted by molar-refractivity contribution is -0.114. The van der Waals surface area contributed by atoms with Crippen LogP contribution in [0.1, 0.15) is 0 Å². The van der Waals surface area contributed by atoms with Crippen LogP contribution in [0.25, 0.3) is 0 Å². The smallest absolute Gasteiger partial charge is 0.266 e. The SMILES string of the molecule is NC(=O)C1=CN(c2ccccc2)CN1. The average molecular weight is 189 g/mol. The van der Waals surface area contributed by atoms with Gasteiger partial charge in [0.1, 0.15) is 5.70 Å². The largest absolute Gasteiger partial charge is 0.364 e. The Kier molecular flexibility index (Phi) is 2.10. The number of amides is 1. The lowest BCUT2D eigenvalue weighted by Gasteiger charge is -2.13. The summed E-state index contributed by atoms with van der Waals surface area (Å²) in [6, 6.07) is 9.80. The van der Waals surface area contributed by atoms with E-state index in [2.05, 4.69) is 5.32 Å². The highest BCUT2D eigenvalue weighted by Crippen LogP contribution is 2.16. The molecule has 0 saturated carbocycles. The molecule has 1 aromatic carbocycles. The first-order valence-electron chi connectivity index (χ1n) is 4.34. The van der Waals surface area contributed by atoms with Crippen molar-refractivity contribution in [3.63, 3.8) is 0 Å². The number of carbonyl (C=O) groups is 1. The van der Waals surface area contributed by atoms with Crippen molar-refractivity contribution in [3.05, 3.63) is 42.2 Å². The quantitative estimate of drug-likeness (QED) is 0.707. The van der Waals surface area contributed by atoms with E-state index in [0.29, 0.717) is 12.4 Å². The van der Waals surface area contributed by atoms with Gasteiger partial charge >= 0.3 is 0 Å². The van der Waals surface area contributed by atoms with Crippen molar-refractivity contribution in [3.8, 4) is 0 Å². The van der Waals surface area contributed by atoms with Gasteiger partial charge in [-0.15, -0.1) is 0 Å². The number of nitrogens with zero attached hydrogens (tertiary/aromatic N) is 1. The zero-order chi connectivity index (χ0) is 9.97. The number of hydrogen-bond acceptors (Lipinski definition) is 3. The number of carbonyl (C=O) groups excluding carboxylic acids is 1. The van der Waals surface area contributed by atoms with Gasteiger partial charge in [0.05, 0.1) is 6.67 Å². The minimum Gasteiger partial charge on any atom is -0.364 e. The second-order valence-electron chi connectivity index (χ2n) is 3.05. The third kappa shape index (κ3) is 1.54. The Hall–Kier alpha value is -1.97. The van der Waals surface area contributed by atoms with E-state index in [9.17, 15) is 4.79 Å². The molecular weight excluding hydrogens is 178 g/mol. The van der Waals surface area contributed by atoms with Crippen molar-refractivity contribution < 1.29 is 4.79 Å². The molecular formula is C10H11N3O. The second-order valence-corrected chi connectivity index (χ2v) is 3.05. The molecule has 0 saturated heterocycles. The maximum Gasteiger partial charge on any atom is 0.266 e. The summed E-state index contributed by atoms with van der Waals surface area (Å²) in [6.45, 7) is 0.586. The van der Waals surface area contributed by atoms with Crippen LogP contribution >= 0.6 is 0 Å². The lowest BCUT2D eigenvalue weighted by atomic mass is 10.3. The van der Waals surface area contributed by atoms with Crippen molar-refractivity contribution >= 4 is 11.6 Å². The average Bonchev–Trinajstić information content (AvgIpc) is 2.68. The summed E-state index contributed by atoms with van der Waals surface area (Å²) < 4.78 is 0. The van der Waals surface area contributed by atoms with Gasteiger partial charge in [0, 0.05) is 11.9 Å². The normalized spacial score (nSPS) is 14.9. The first-order chi connectivity index (χ1) is 6.77. The van der Waals surface area contributed by atoms with Gasteiger partial charge in [0.25, 0.3) is 5.91 Å². The van der Waals surface area contributed by atoms with E-state index in [0.717, 1.165) is 5.69 Å². The van der Waals surface area contributed by atoms with Crippen LogP contribution in [0.3, 0.4) is 0 Å². The van der Waals surface area contributed by atoms with Gasteiger partial charge < -0.3 is 16.0 Å². The number of para-hydroxylation sites is 1. The summed E-state index contributed by atoms with van der Waals surface area (Å²) in [7, 11) is 0. The number of rotatable bonds is 2. The molecule has 0 radical (unpaired) electrons. The molecule has 4 heteroatoms. The first kappa shape index (κ1) is 8.62. The summed E-state index contributed by atoms with van der Waals surface area (Å²) in [6.07, 6.45) is 1.72. The number of hydrogen-bond donors (Lipinski definition) is 2. The molecule has 1 aliphatic rings. The minimum atomic E-state index is -0.427. The Morgan fingerprint density at radius 3 is 2.64 bits per heavy atom. The molecule has 0 atom stereocenters. The fourth-order valence-corrected chi connectivity index (χ4v) is 1.35. The number of anilines is 1. The molecule has 1 amide bonds. The molecule has 0 unspecified atom stereocenters. The van der Waals surface area contributed by atoms with E-state index in [1.54, 1.807) is 6.20 Å². The Balaban J connectivity index is 2.20. The second kappa shape index (κ2) is 3.41. The van der Waals surface area contributed by atoms with Gasteiger partial charge in [0.15, 0.2) is 0 Å². The minimum absolute atomic E-state index is 0.427. The molecule has 3 N–H and O–H groups in total. The Bertz CT molecular complexity index is 372. The summed E-state index contributed by atoms with van der Waals surface area (Å²) in [4.78, 5) is 12.8. The van der Waals surface area contributed by atoms with E-state index in [-0.39, 0.29) is 0 Å². The lowest BCUT2D eigenvalue weighted by Crippen LogP contribution is -2.25. The molecule has 0 bridgehead atoms. The predicted molar refractivity (Wildman–Crippen MR) is 54.2 cm³/mol. The summed E-state index contributed by atoms with van der Waals surface area (Å²) >= 11 is 0. The van der Waals surface area contributed by atoms with Crippen LogP contribution in [0.4, 0.5) is 5.69 Å².